The molecular weight excluding hydrogens is 94.0 g/mol. The normalized spacial score (nSPS) is 7.00. The average molecular weight is 105 g/mol. The molecule has 0 aliphatic carbocycles. The second kappa shape index (κ2) is 5.43. The molecule has 0 aliphatic rings. The van der Waals surface area contributed by atoms with Gasteiger partial charge >= 0.3 is 5.97 Å². The molecule has 0 aromatic carbocycles. The molecule has 3 nitrogen and oxygen atoms in total. The first-order chi connectivity index (χ1) is 2.77. The highest BCUT2D eigenvalue weighted by Gasteiger charge is 1.87. The molecule has 0 aromatic heterocycles. The van der Waals surface area contributed by atoms with Gasteiger partial charge in [-0.3, -0.25) is 4.79 Å². The lowest BCUT2D eigenvalue weighted by atomic mass is 10.5. The highest BCUT2D eigenvalue weighted by molar-refractivity contribution is 5.66. The molecule has 7 heavy (non-hydrogen) atoms. The molecule has 0 fully saturated rings. The van der Waals surface area contributed by atoms with Crippen LogP contribution in [0.4, 0.5) is 0 Å². The van der Waals surface area contributed by atoms with Gasteiger partial charge in [0.15, 0.2) is 0 Å². The summed E-state index contributed by atoms with van der Waals surface area (Å²) in [7, 11) is 0. The van der Waals surface area contributed by atoms with Crippen LogP contribution in [0, 0.1) is 0 Å². The van der Waals surface area contributed by atoms with Crippen molar-refractivity contribution in [3.8, 4) is 0 Å². The Morgan fingerprint density at radius 3 is 2.14 bits per heavy atom. The average Bonchev–Trinajstić information content (AvgIpc) is 1.35. The highest BCUT2D eigenvalue weighted by atomic mass is 16.4. The van der Waals surface area contributed by atoms with E-state index in [2.05, 4.69) is 0 Å². The highest BCUT2D eigenvalue weighted by Crippen LogP contribution is 1.67. The van der Waals surface area contributed by atoms with E-state index in [1.165, 1.54) is 0 Å². The van der Waals surface area contributed by atoms with Crippen LogP contribution in [0.15, 0.2) is 0 Å². The van der Waals surface area contributed by atoms with Crippen LogP contribution in [0.5, 0.6) is 0 Å². The maximum Gasteiger partial charge on any atom is 0.304 e. The predicted molar refractivity (Wildman–Crippen MR) is 28.0 cm³/mol. The van der Waals surface area contributed by atoms with Crippen LogP contribution in [0.25, 0.3) is 0 Å². The molecule has 0 saturated heterocycles. The van der Waals surface area contributed by atoms with Crippen molar-refractivity contribution in [2.24, 2.45) is 5.73 Å². The van der Waals surface area contributed by atoms with Gasteiger partial charge in [-0.2, -0.15) is 0 Å². The molecule has 0 heterocycles. The minimum Gasteiger partial charge on any atom is -0.481 e. The number of hydrogen-bond acceptors (Lipinski definition) is 2. The van der Waals surface area contributed by atoms with Crippen molar-refractivity contribution in [2.75, 3.05) is 6.54 Å². The van der Waals surface area contributed by atoms with Crippen molar-refractivity contribution in [3.05, 3.63) is 0 Å². The van der Waals surface area contributed by atoms with Gasteiger partial charge in [0.1, 0.15) is 0 Å². The number of nitrogens with two attached hydrogens (primary N) is 1. The van der Waals surface area contributed by atoms with Crippen LogP contribution in [-0.4, -0.2) is 17.6 Å². The summed E-state index contributed by atoms with van der Waals surface area (Å²) in [6.45, 7) is 0.231. The van der Waals surface area contributed by atoms with E-state index in [0.29, 0.717) is 0 Å². The summed E-state index contributed by atoms with van der Waals surface area (Å²) in [6, 6.07) is 0. The van der Waals surface area contributed by atoms with Gasteiger partial charge in [0.2, 0.25) is 0 Å². The Morgan fingerprint density at radius 1 is 1.71 bits per heavy atom. The Bertz CT molecular complexity index is 53.7. The first-order valence-electron chi connectivity index (χ1n) is 1.69. The Morgan fingerprint density at radius 2 is 2.14 bits per heavy atom. The fourth-order valence-electron chi connectivity index (χ4n) is 0.123. The molecule has 0 amide bonds. The third kappa shape index (κ3) is 10.8. The molecular formula is C4H11NO2. The lowest BCUT2D eigenvalue weighted by Gasteiger charge is -1.80. The molecule has 0 aromatic rings. The number of carbonyl (C=O) groups is 1. The van der Waals surface area contributed by atoms with Gasteiger partial charge in [-0.1, -0.05) is 7.43 Å². The largest absolute Gasteiger partial charge is 0.481 e. The zero-order chi connectivity index (χ0) is 4.99. The minimum atomic E-state index is -0.836. The van der Waals surface area contributed by atoms with Crippen molar-refractivity contribution >= 4 is 5.97 Å². The maximum atomic E-state index is 9.52. The Hall–Kier alpha value is -0.570. The van der Waals surface area contributed by atoms with E-state index in [-0.39, 0.29) is 20.4 Å². The molecule has 0 atom stereocenters. The predicted octanol–water partition coefficient (Wildman–Crippen LogP) is 0.0559. The van der Waals surface area contributed by atoms with Crippen LogP contribution in [0.3, 0.4) is 0 Å². The van der Waals surface area contributed by atoms with Crippen LogP contribution in [0.1, 0.15) is 13.8 Å². The van der Waals surface area contributed by atoms with Gasteiger partial charge in [-0.05, 0) is 0 Å². The number of hydrogen-bond donors (Lipinski definition) is 2. The molecule has 0 saturated carbocycles. The molecule has 0 unspecified atom stereocenters. The number of carboxylic acid groups (broad SMARTS) is 1. The molecule has 0 radical (unpaired) electrons. The van der Waals surface area contributed by atoms with Crippen molar-refractivity contribution in [1.82, 2.24) is 0 Å². The van der Waals surface area contributed by atoms with Crippen molar-refractivity contribution in [1.29, 1.82) is 0 Å². The molecule has 0 bridgehead atoms. The van der Waals surface area contributed by atoms with Crippen LogP contribution >= 0.6 is 0 Å². The SMILES string of the molecule is C.NCCC(=O)O. The van der Waals surface area contributed by atoms with Gasteiger partial charge < -0.3 is 10.8 Å². The van der Waals surface area contributed by atoms with Gasteiger partial charge in [0.05, 0.1) is 6.42 Å². The Balaban J connectivity index is 0. The van der Waals surface area contributed by atoms with E-state index in [4.69, 9.17) is 10.8 Å². The van der Waals surface area contributed by atoms with Gasteiger partial charge in [0.25, 0.3) is 0 Å². The summed E-state index contributed by atoms with van der Waals surface area (Å²) in [5.74, 6) is -0.836. The smallest absolute Gasteiger partial charge is 0.304 e. The zero-order valence-corrected chi connectivity index (χ0v) is 3.35. The summed E-state index contributed by atoms with van der Waals surface area (Å²) in [5, 5.41) is 7.83. The molecule has 3 N–H and O–H groups in total. The monoisotopic (exact) mass is 105 g/mol. The Kier molecular flexibility index (Phi) is 7.49. The van der Waals surface area contributed by atoms with Gasteiger partial charge in [-0.25, -0.2) is 0 Å². The van der Waals surface area contributed by atoms with Crippen LogP contribution < -0.4 is 5.73 Å². The summed E-state index contributed by atoms with van der Waals surface area (Å²) < 4.78 is 0. The van der Waals surface area contributed by atoms with Crippen LogP contribution in [0.2, 0.25) is 0 Å². The third-order valence-corrected chi connectivity index (χ3v) is 0.358. The standard InChI is InChI=1S/C3H7NO2.CH4/c4-2-1-3(5)6;/h1-2,4H2,(H,5,6);1H4. The van der Waals surface area contributed by atoms with Gasteiger partial charge in [-0.15, -0.1) is 0 Å². The fraction of sp³-hybridized carbons (Fsp3) is 0.750. The van der Waals surface area contributed by atoms with E-state index < -0.39 is 5.97 Å². The molecule has 0 rings (SSSR count). The van der Waals surface area contributed by atoms with Crippen molar-refractivity contribution in [3.63, 3.8) is 0 Å². The van der Waals surface area contributed by atoms with E-state index in [0.717, 1.165) is 0 Å². The van der Waals surface area contributed by atoms with Crippen molar-refractivity contribution < 1.29 is 9.90 Å². The summed E-state index contributed by atoms with van der Waals surface area (Å²) >= 11 is 0. The molecule has 44 valence electrons. The molecule has 3 heteroatoms. The van der Waals surface area contributed by atoms with Gasteiger partial charge in [0, 0.05) is 6.54 Å². The first kappa shape index (κ1) is 9.66. The maximum absolute atomic E-state index is 9.52. The third-order valence-electron chi connectivity index (χ3n) is 0.358. The van der Waals surface area contributed by atoms with Crippen molar-refractivity contribution in [2.45, 2.75) is 13.8 Å². The van der Waals surface area contributed by atoms with E-state index in [1.807, 2.05) is 0 Å². The Labute approximate surface area is 43.1 Å². The fourth-order valence-corrected chi connectivity index (χ4v) is 0.123. The second-order valence-electron chi connectivity index (χ2n) is 0.932. The first-order valence-corrected chi connectivity index (χ1v) is 1.69. The summed E-state index contributed by atoms with van der Waals surface area (Å²) in [4.78, 5) is 9.52. The van der Waals surface area contributed by atoms with E-state index >= 15 is 0 Å². The summed E-state index contributed by atoms with van der Waals surface area (Å²) in [6.07, 6.45) is 0.0694. The number of rotatable bonds is 2. The second-order valence-corrected chi connectivity index (χ2v) is 0.932. The zero-order valence-electron chi connectivity index (χ0n) is 3.35. The minimum absolute atomic E-state index is 0. The molecule has 0 aliphatic heterocycles. The number of aliphatic carboxylic acids is 1. The number of carboxylic acids is 1. The van der Waals surface area contributed by atoms with E-state index in [9.17, 15) is 4.79 Å². The quantitative estimate of drug-likeness (QED) is 0.521. The topological polar surface area (TPSA) is 63.3 Å². The molecule has 0 spiro atoms. The van der Waals surface area contributed by atoms with Crippen LogP contribution in [-0.2, 0) is 4.79 Å². The lowest BCUT2D eigenvalue weighted by Crippen LogP contribution is -2.05. The summed E-state index contributed by atoms with van der Waals surface area (Å²) in [5.41, 5.74) is 4.85. The lowest BCUT2D eigenvalue weighted by molar-refractivity contribution is -0.136. The van der Waals surface area contributed by atoms with E-state index in [1.54, 1.807) is 0 Å².